The maximum absolute atomic E-state index is 13.1. The van der Waals surface area contributed by atoms with Gasteiger partial charge in [0.15, 0.2) is 0 Å². The van der Waals surface area contributed by atoms with Crippen molar-refractivity contribution in [3.63, 3.8) is 0 Å². The van der Waals surface area contributed by atoms with Crippen molar-refractivity contribution in [3.8, 4) is 0 Å². The number of carbonyl (C=O) groups is 1. The van der Waals surface area contributed by atoms with Gasteiger partial charge in [0, 0.05) is 17.0 Å². The minimum absolute atomic E-state index is 0.0383. The zero-order valence-electron chi connectivity index (χ0n) is 16.1. The zero-order chi connectivity index (χ0) is 21.3. The first-order valence-corrected chi connectivity index (χ1v) is 9.84. The second kappa shape index (κ2) is 8.12. The van der Waals surface area contributed by atoms with Crippen LogP contribution >= 0.6 is 11.6 Å². The lowest BCUT2D eigenvalue weighted by atomic mass is 10.1. The zero-order valence-corrected chi connectivity index (χ0v) is 16.9. The Morgan fingerprint density at radius 2 is 1.97 bits per heavy atom. The van der Waals surface area contributed by atoms with Crippen molar-refractivity contribution >= 4 is 39.4 Å². The highest BCUT2D eigenvalue weighted by Gasteiger charge is 2.21. The normalized spacial score (nSPS) is 11.1. The first-order chi connectivity index (χ1) is 14.5. The molecular formula is C22H18ClN3O4. The molecule has 2 aromatic heterocycles. The van der Waals surface area contributed by atoms with E-state index < -0.39 is 11.5 Å². The van der Waals surface area contributed by atoms with E-state index in [9.17, 15) is 14.4 Å². The standard InChI is InChI=1S/C22H18ClN3O4/c1-2-9-26(12-19-24-17-11-14(23)7-8-15(17)20(27)25-19)21(28)16-10-13-5-3-4-6-18(13)30-22(16)29/h3-8,10-11H,2,9,12H2,1H3,(H,24,25,27). The molecule has 0 aliphatic heterocycles. The Labute approximate surface area is 175 Å². The Hall–Kier alpha value is -3.45. The van der Waals surface area contributed by atoms with Crippen LogP contribution in [0.5, 0.6) is 0 Å². The molecule has 0 saturated carbocycles. The van der Waals surface area contributed by atoms with E-state index in [0.717, 1.165) is 0 Å². The molecule has 4 rings (SSSR count). The number of hydrogen-bond acceptors (Lipinski definition) is 5. The average molecular weight is 424 g/mol. The maximum Gasteiger partial charge on any atom is 0.349 e. The summed E-state index contributed by atoms with van der Waals surface area (Å²) in [6.07, 6.45) is 0.661. The number of nitrogens with zero attached hydrogens (tertiary/aromatic N) is 2. The SMILES string of the molecule is CCCN(Cc1nc2cc(Cl)ccc2c(=O)[nH]1)C(=O)c1cc2ccccc2oc1=O. The Balaban J connectivity index is 1.72. The number of nitrogens with one attached hydrogen (secondary N) is 1. The summed E-state index contributed by atoms with van der Waals surface area (Å²) in [6.45, 7) is 2.33. The fourth-order valence-electron chi connectivity index (χ4n) is 3.32. The summed E-state index contributed by atoms with van der Waals surface area (Å²) >= 11 is 6.01. The number of amides is 1. The molecule has 1 N–H and O–H groups in total. The van der Waals surface area contributed by atoms with Crippen LogP contribution in [0.3, 0.4) is 0 Å². The van der Waals surface area contributed by atoms with Crippen molar-refractivity contribution in [3.05, 3.63) is 85.7 Å². The number of rotatable bonds is 5. The van der Waals surface area contributed by atoms with Crippen LogP contribution < -0.4 is 11.2 Å². The van der Waals surface area contributed by atoms with Gasteiger partial charge in [0.2, 0.25) is 0 Å². The van der Waals surface area contributed by atoms with E-state index in [0.29, 0.717) is 45.7 Å². The van der Waals surface area contributed by atoms with Crippen molar-refractivity contribution in [2.24, 2.45) is 0 Å². The summed E-state index contributed by atoms with van der Waals surface area (Å²) < 4.78 is 5.29. The molecule has 0 atom stereocenters. The Morgan fingerprint density at radius 3 is 2.77 bits per heavy atom. The highest BCUT2D eigenvalue weighted by molar-refractivity contribution is 6.31. The molecule has 0 aliphatic rings. The van der Waals surface area contributed by atoms with Gasteiger partial charge in [-0.25, -0.2) is 9.78 Å². The maximum atomic E-state index is 13.1. The molecule has 0 bridgehead atoms. The number of fused-ring (bicyclic) bond motifs is 2. The van der Waals surface area contributed by atoms with Crippen LogP contribution in [-0.2, 0) is 6.54 Å². The average Bonchev–Trinajstić information content (AvgIpc) is 2.72. The van der Waals surface area contributed by atoms with Gasteiger partial charge in [-0.1, -0.05) is 36.7 Å². The number of para-hydroxylation sites is 1. The smallest absolute Gasteiger partial charge is 0.349 e. The van der Waals surface area contributed by atoms with Crippen LogP contribution in [-0.4, -0.2) is 27.3 Å². The predicted octanol–water partition coefficient (Wildman–Crippen LogP) is 3.74. The van der Waals surface area contributed by atoms with Gasteiger partial charge in [-0.05, 0) is 36.8 Å². The molecule has 4 aromatic rings. The van der Waals surface area contributed by atoms with Crippen LogP contribution in [0.4, 0.5) is 0 Å². The topological polar surface area (TPSA) is 96.3 Å². The van der Waals surface area contributed by atoms with E-state index in [1.807, 2.05) is 6.92 Å². The largest absolute Gasteiger partial charge is 0.422 e. The van der Waals surface area contributed by atoms with Crippen molar-refractivity contribution < 1.29 is 9.21 Å². The van der Waals surface area contributed by atoms with E-state index >= 15 is 0 Å². The lowest BCUT2D eigenvalue weighted by Crippen LogP contribution is -2.35. The molecule has 7 nitrogen and oxygen atoms in total. The minimum atomic E-state index is -0.702. The van der Waals surface area contributed by atoms with E-state index in [4.69, 9.17) is 16.0 Å². The highest BCUT2D eigenvalue weighted by atomic mass is 35.5. The molecular weight excluding hydrogens is 406 g/mol. The minimum Gasteiger partial charge on any atom is -0.422 e. The number of benzene rings is 2. The Morgan fingerprint density at radius 1 is 1.17 bits per heavy atom. The molecule has 0 aliphatic carbocycles. The van der Waals surface area contributed by atoms with Crippen LogP contribution in [0.2, 0.25) is 5.02 Å². The van der Waals surface area contributed by atoms with Crippen LogP contribution in [0.15, 0.2) is 62.5 Å². The van der Waals surface area contributed by atoms with E-state index in [1.54, 1.807) is 42.5 Å². The van der Waals surface area contributed by atoms with Crippen molar-refractivity contribution in [2.45, 2.75) is 19.9 Å². The first-order valence-electron chi connectivity index (χ1n) is 9.47. The number of H-pyrrole nitrogens is 1. The van der Waals surface area contributed by atoms with Gasteiger partial charge in [-0.2, -0.15) is 0 Å². The van der Waals surface area contributed by atoms with Crippen molar-refractivity contribution in [1.82, 2.24) is 14.9 Å². The van der Waals surface area contributed by atoms with Gasteiger partial charge >= 0.3 is 5.63 Å². The molecule has 0 saturated heterocycles. The Kier molecular flexibility index (Phi) is 5.37. The van der Waals surface area contributed by atoms with Crippen molar-refractivity contribution in [1.29, 1.82) is 0 Å². The van der Waals surface area contributed by atoms with Crippen LogP contribution in [0, 0.1) is 0 Å². The van der Waals surface area contributed by atoms with Gasteiger partial charge in [0.05, 0.1) is 17.4 Å². The summed E-state index contributed by atoms with van der Waals surface area (Å²) in [7, 11) is 0. The third kappa shape index (κ3) is 3.84. The second-order valence-electron chi connectivity index (χ2n) is 6.89. The van der Waals surface area contributed by atoms with Crippen LogP contribution in [0.25, 0.3) is 21.9 Å². The molecule has 2 aromatic carbocycles. The van der Waals surface area contributed by atoms with E-state index in [2.05, 4.69) is 9.97 Å². The van der Waals surface area contributed by atoms with Gasteiger partial charge in [0.25, 0.3) is 11.5 Å². The molecule has 0 radical (unpaired) electrons. The molecule has 8 heteroatoms. The summed E-state index contributed by atoms with van der Waals surface area (Å²) in [4.78, 5) is 46.5. The molecule has 30 heavy (non-hydrogen) atoms. The number of hydrogen-bond donors (Lipinski definition) is 1. The lowest BCUT2D eigenvalue weighted by Gasteiger charge is -2.21. The van der Waals surface area contributed by atoms with Gasteiger partial charge < -0.3 is 14.3 Å². The third-order valence-electron chi connectivity index (χ3n) is 4.71. The number of aromatic nitrogens is 2. The van der Waals surface area contributed by atoms with E-state index in [-0.39, 0.29) is 17.7 Å². The molecule has 1 amide bonds. The third-order valence-corrected chi connectivity index (χ3v) is 4.95. The Bertz CT molecular complexity index is 1380. The molecule has 152 valence electrons. The van der Waals surface area contributed by atoms with E-state index in [1.165, 1.54) is 11.0 Å². The quantitative estimate of drug-likeness (QED) is 0.493. The molecule has 2 heterocycles. The summed E-state index contributed by atoms with van der Waals surface area (Å²) in [5, 5.41) is 1.53. The fraction of sp³-hybridized carbons (Fsp3) is 0.182. The molecule has 0 spiro atoms. The number of carbonyl (C=O) groups excluding carboxylic acids is 1. The number of aromatic amines is 1. The summed E-state index contributed by atoms with van der Waals surface area (Å²) in [5.74, 6) is -0.174. The van der Waals surface area contributed by atoms with Gasteiger partial charge in [0.1, 0.15) is 17.0 Å². The predicted molar refractivity (Wildman–Crippen MR) is 115 cm³/mol. The lowest BCUT2D eigenvalue weighted by molar-refractivity contribution is 0.0734. The molecule has 0 fully saturated rings. The second-order valence-corrected chi connectivity index (χ2v) is 7.32. The fourth-order valence-corrected chi connectivity index (χ4v) is 3.49. The summed E-state index contributed by atoms with van der Waals surface area (Å²) in [5.41, 5.74) is -0.227. The van der Waals surface area contributed by atoms with Crippen molar-refractivity contribution in [2.75, 3.05) is 6.54 Å². The highest BCUT2D eigenvalue weighted by Crippen LogP contribution is 2.17. The van der Waals surface area contributed by atoms with Gasteiger partial charge in [-0.15, -0.1) is 0 Å². The van der Waals surface area contributed by atoms with Crippen LogP contribution in [0.1, 0.15) is 29.5 Å². The number of halogens is 1. The summed E-state index contributed by atoms with van der Waals surface area (Å²) in [6, 6.07) is 13.3. The van der Waals surface area contributed by atoms with Gasteiger partial charge in [-0.3, -0.25) is 9.59 Å². The molecule has 0 unspecified atom stereocenters. The monoisotopic (exact) mass is 423 g/mol. The first kappa shape index (κ1) is 19.8.